The predicted octanol–water partition coefficient (Wildman–Crippen LogP) is 4.61. The Balaban J connectivity index is 2.06. The molecule has 0 aromatic heterocycles. The minimum absolute atomic E-state index is 0.0836. The molecule has 1 fully saturated rings. The Hall–Kier alpha value is -2.24. The lowest BCUT2D eigenvalue weighted by molar-refractivity contribution is -0.139. The van der Waals surface area contributed by atoms with Gasteiger partial charge >= 0.3 is 0 Å². The number of carbonyl (C=O) groups excluding carboxylic acids is 3. The zero-order valence-corrected chi connectivity index (χ0v) is 15.9. The fourth-order valence-electron chi connectivity index (χ4n) is 3.89. The third-order valence-electron chi connectivity index (χ3n) is 5.12. The molecular formula is C20H14Cl2FNO3. The largest absolute Gasteiger partial charge is 0.298 e. The normalized spacial score (nSPS) is 20.6. The fraction of sp³-hybridized carbons (Fsp3) is 0.250. The van der Waals surface area contributed by atoms with Crippen LogP contribution >= 0.6 is 23.2 Å². The Kier molecular flexibility index (Phi) is 4.13. The molecule has 0 spiro atoms. The Bertz CT molecular complexity index is 1030. The first-order valence-electron chi connectivity index (χ1n) is 8.43. The van der Waals surface area contributed by atoms with Crippen molar-refractivity contribution in [3.05, 3.63) is 51.8 Å². The summed E-state index contributed by atoms with van der Waals surface area (Å²) in [5, 5.41) is 0.253. The number of rotatable bonds is 2. The summed E-state index contributed by atoms with van der Waals surface area (Å²) in [5.41, 5.74) is 1.49. The first-order valence-corrected chi connectivity index (χ1v) is 9.18. The topological polar surface area (TPSA) is 54.5 Å². The highest BCUT2D eigenvalue weighted by atomic mass is 35.5. The number of Topliss-reactive ketones (excluding diaryl/α,β-unsaturated/α-hetero) is 2. The summed E-state index contributed by atoms with van der Waals surface area (Å²) in [6, 6.07) is 7.01. The summed E-state index contributed by atoms with van der Waals surface area (Å²) in [6.45, 7) is 3.33. The number of halogens is 3. The van der Waals surface area contributed by atoms with E-state index in [1.807, 2.05) is 0 Å². The second-order valence-electron chi connectivity index (χ2n) is 7.01. The number of fused-ring (bicyclic) bond motifs is 6. The van der Waals surface area contributed by atoms with Gasteiger partial charge in [-0.3, -0.25) is 19.3 Å². The van der Waals surface area contributed by atoms with Crippen LogP contribution in [0.4, 0.5) is 10.1 Å². The van der Waals surface area contributed by atoms with Gasteiger partial charge in [0.05, 0.1) is 16.8 Å². The molecule has 138 valence electrons. The number of hydrogen-bond donors (Lipinski definition) is 0. The smallest absolute Gasteiger partial charge is 0.295 e. The van der Waals surface area contributed by atoms with E-state index in [0.29, 0.717) is 21.7 Å². The van der Waals surface area contributed by atoms with Crippen molar-refractivity contribution in [1.29, 1.82) is 0 Å². The number of carbonyl (C=O) groups is 3. The van der Waals surface area contributed by atoms with E-state index in [0.717, 1.165) is 4.90 Å². The lowest BCUT2D eigenvalue weighted by Crippen LogP contribution is -2.35. The quantitative estimate of drug-likeness (QED) is 0.541. The monoisotopic (exact) mass is 405 g/mol. The Morgan fingerprint density at radius 3 is 2.48 bits per heavy atom. The molecule has 7 heteroatoms. The van der Waals surface area contributed by atoms with E-state index in [1.54, 1.807) is 38.1 Å². The van der Waals surface area contributed by atoms with Crippen molar-refractivity contribution in [2.24, 2.45) is 11.8 Å². The van der Waals surface area contributed by atoms with E-state index in [-0.39, 0.29) is 16.5 Å². The second-order valence-corrected chi connectivity index (χ2v) is 7.85. The van der Waals surface area contributed by atoms with Crippen LogP contribution in [0, 0.1) is 17.7 Å². The number of anilines is 1. The van der Waals surface area contributed by atoms with E-state index in [2.05, 4.69) is 0 Å². The maximum atomic E-state index is 14.9. The fourth-order valence-corrected chi connectivity index (χ4v) is 4.21. The zero-order chi connectivity index (χ0) is 19.6. The number of ketones is 2. The van der Waals surface area contributed by atoms with E-state index < -0.39 is 35.4 Å². The summed E-state index contributed by atoms with van der Waals surface area (Å²) >= 11 is 12.1. The number of amides is 1. The van der Waals surface area contributed by atoms with E-state index in [4.69, 9.17) is 23.2 Å². The molecule has 0 aliphatic carbocycles. The van der Waals surface area contributed by atoms with Crippen LogP contribution in [0.5, 0.6) is 0 Å². The van der Waals surface area contributed by atoms with Crippen molar-refractivity contribution in [3.63, 3.8) is 0 Å². The molecule has 2 aromatic rings. The van der Waals surface area contributed by atoms with Crippen LogP contribution in [-0.4, -0.2) is 17.5 Å². The van der Waals surface area contributed by atoms with Crippen molar-refractivity contribution in [2.45, 2.75) is 19.9 Å². The third-order valence-corrected chi connectivity index (χ3v) is 5.64. The van der Waals surface area contributed by atoms with Crippen LogP contribution in [0.3, 0.4) is 0 Å². The Morgan fingerprint density at radius 1 is 1.11 bits per heavy atom. The van der Waals surface area contributed by atoms with Crippen molar-refractivity contribution in [3.8, 4) is 11.1 Å². The van der Waals surface area contributed by atoms with E-state index >= 15 is 0 Å². The SMILES string of the molecule is CC(C)C(=O)C1C(=O)C(=O)N2c3c(ccc(Cl)c3F)-c3cc(Cl)ccc3C12. The molecule has 2 aliphatic rings. The highest BCUT2D eigenvalue weighted by molar-refractivity contribution is 6.49. The van der Waals surface area contributed by atoms with Crippen LogP contribution in [0.15, 0.2) is 30.3 Å². The highest BCUT2D eigenvalue weighted by Crippen LogP contribution is 2.53. The first kappa shape index (κ1) is 18.1. The van der Waals surface area contributed by atoms with Gasteiger partial charge in [-0.25, -0.2) is 4.39 Å². The summed E-state index contributed by atoms with van der Waals surface area (Å²) < 4.78 is 14.9. The maximum Gasteiger partial charge on any atom is 0.295 e. The third kappa shape index (κ3) is 2.45. The van der Waals surface area contributed by atoms with Gasteiger partial charge in [-0.15, -0.1) is 0 Å². The van der Waals surface area contributed by atoms with E-state index in [9.17, 15) is 18.8 Å². The lowest BCUT2D eigenvalue weighted by Gasteiger charge is -2.35. The maximum absolute atomic E-state index is 14.9. The zero-order valence-electron chi connectivity index (χ0n) is 14.4. The van der Waals surface area contributed by atoms with Gasteiger partial charge in [-0.1, -0.05) is 49.2 Å². The van der Waals surface area contributed by atoms with Crippen molar-refractivity contribution in [1.82, 2.24) is 0 Å². The Morgan fingerprint density at radius 2 is 1.81 bits per heavy atom. The van der Waals surface area contributed by atoms with Crippen LogP contribution < -0.4 is 4.90 Å². The molecule has 0 radical (unpaired) electrons. The van der Waals surface area contributed by atoms with Gasteiger partial charge in [0.15, 0.2) is 5.82 Å². The van der Waals surface area contributed by atoms with Crippen LogP contribution in [0.2, 0.25) is 10.0 Å². The lowest BCUT2D eigenvalue weighted by atomic mass is 9.80. The molecule has 2 aromatic carbocycles. The van der Waals surface area contributed by atoms with Crippen molar-refractivity contribution in [2.75, 3.05) is 4.90 Å². The van der Waals surface area contributed by atoms with Crippen molar-refractivity contribution < 1.29 is 18.8 Å². The second kappa shape index (κ2) is 6.14. The molecule has 4 nitrogen and oxygen atoms in total. The molecule has 27 heavy (non-hydrogen) atoms. The number of nitrogens with zero attached hydrogens (tertiary/aromatic N) is 1. The van der Waals surface area contributed by atoms with Crippen molar-refractivity contribution >= 4 is 46.4 Å². The first-order chi connectivity index (χ1) is 12.7. The molecule has 1 saturated heterocycles. The van der Waals surface area contributed by atoms with E-state index in [1.165, 1.54) is 6.07 Å². The Labute approximate surface area is 164 Å². The molecule has 4 rings (SSSR count). The van der Waals surface area contributed by atoms with Crippen LogP contribution in [-0.2, 0) is 14.4 Å². The molecule has 2 atom stereocenters. The molecule has 0 bridgehead atoms. The summed E-state index contributed by atoms with van der Waals surface area (Å²) in [7, 11) is 0. The van der Waals surface area contributed by atoms with Gasteiger partial charge in [0.25, 0.3) is 5.91 Å². The van der Waals surface area contributed by atoms with Gasteiger partial charge in [-0.05, 0) is 29.3 Å². The van der Waals surface area contributed by atoms with Crippen LogP contribution in [0.1, 0.15) is 25.5 Å². The molecular weight excluding hydrogens is 392 g/mol. The van der Waals surface area contributed by atoms with Gasteiger partial charge in [0.1, 0.15) is 11.7 Å². The molecule has 0 N–H and O–H groups in total. The van der Waals surface area contributed by atoms with Gasteiger partial charge in [0, 0.05) is 16.5 Å². The van der Waals surface area contributed by atoms with Gasteiger partial charge in [0.2, 0.25) is 5.78 Å². The van der Waals surface area contributed by atoms with Gasteiger partial charge in [-0.2, -0.15) is 0 Å². The number of hydrogen-bond acceptors (Lipinski definition) is 3. The molecule has 2 heterocycles. The summed E-state index contributed by atoms with van der Waals surface area (Å²) in [5.74, 6) is -4.53. The predicted molar refractivity (Wildman–Crippen MR) is 100 cm³/mol. The standard InChI is InChI=1S/C20H14Cl2FNO3/c1-8(2)18(25)14-16-10-4-3-9(21)7-12(10)11-5-6-13(22)15(23)17(11)24(16)20(27)19(14)26/h3-8,14,16H,1-2H3. The average Bonchev–Trinajstić information content (AvgIpc) is 2.88. The minimum Gasteiger partial charge on any atom is -0.298 e. The van der Waals surface area contributed by atoms with Gasteiger partial charge < -0.3 is 0 Å². The number of benzene rings is 2. The molecule has 2 aliphatic heterocycles. The average molecular weight is 406 g/mol. The summed E-state index contributed by atoms with van der Waals surface area (Å²) in [4.78, 5) is 39.3. The molecule has 0 saturated carbocycles. The highest BCUT2D eigenvalue weighted by Gasteiger charge is 2.55. The van der Waals surface area contributed by atoms with Crippen LogP contribution in [0.25, 0.3) is 11.1 Å². The summed E-state index contributed by atoms with van der Waals surface area (Å²) in [6.07, 6.45) is 0. The molecule has 2 unspecified atom stereocenters. The minimum atomic E-state index is -1.19. The molecule has 1 amide bonds.